The van der Waals surface area contributed by atoms with E-state index in [4.69, 9.17) is 0 Å². The Balaban J connectivity index is 1.34. The van der Waals surface area contributed by atoms with Gasteiger partial charge >= 0.3 is 0 Å². The summed E-state index contributed by atoms with van der Waals surface area (Å²) in [5, 5.41) is 3.07. The van der Waals surface area contributed by atoms with E-state index in [2.05, 4.69) is 17.4 Å². The summed E-state index contributed by atoms with van der Waals surface area (Å²) in [7, 11) is 0. The van der Waals surface area contributed by atoms with Gasteiger partial charge in [-0.1, -0.05) is 24.3 Å². The Labute approximate surface area is 166 Å². The topological polar surface area (TPSA) is 49.4 Å². The van der Waals surface area contributed by atoms with E-state index >= 15 is 0 Å². The molecule has 0 radical (unpaired) electrons. The minimum atomic E-state index is -0.00395. The summed E-state index contributed by atoms with van der Waals surface area (Å²) in [6, 6.07) is 14.3. The monoisotopic (exact) mass is 376 g/mol. The van der Waals surface area contributed by atoms with E-state index in [0.717, 1.165) is 61.2 Å². The van der Waals surface area contributed by atoms with Crippen molar-refractivity contribution in [2.45, 2.75) is 46.0 Å². The molecule has 1 fully saturated rings. The summed E-state index contributed by atoms with van der Waals surface area (Å²) in [5.74, 6) is 0.354. The molecule has 0 unspecified atom stereocenters. The van der Waals surface area contributed by atoms with Gasteiger partial charge in [0.2, 0.25) is 11.8 Å². The van der Waals surface area contributed by atoms with Crippen molar-refractivity contribution in [2.75, 3.05) is 16.8 Å². The molecule has 4 nitrogen and oxygen atoms in total. The van der Waals surface area contributed by atoms with Crippen LogP contribution in [0.3, 0.4) is 0 Å². The molecule has 0 atom stereocenters. The van der Waals surface area contributed by atoms with Crippen LogP contribution in [0, 0.1) is 25.7 Å². The van der Waals surface area contributed by atoms with Crippen molar-refractivity contribution in [2.24, 2.45) is 11.8 Å². The highest BCUT2D eigenvalue weighted by atomic mass is 16.2. The van der Waals surface area contributed by atoms with Gasteiger partial charge in [-0.25, -0.2) is 0 Å². The maximum Gasteiger partial charge on any atom is 0.230 e. The predicted molar refractivity (Wildman–Crippen MR) is 112 cm³/mol. The summed E-state index contributed by atoms with van der Waals surface area (Å²) in [6.45, 7) is 4.86. The zero-order valence-electron chi connectivity index (χ0n) is 16.7. The van der Waals surface area contributed by atoms with Crippen LogP contribution in [0.2, 0.25) is 0 Å². The van der Waals surface area contributed by atoms with Gasteiger partial charge in [0.1, 0.15) is 0 Å². The van der Waals surface area contributed by atoms with Crippen molar-refractivity contribution in [3.8, 4) is 0 Å². The van der Waals surface area contributed by atoms with Crippen LogP contribution in [0.4, 0.5) is 11.4 Å². The summed E-state index contributed by atoms with van der Waals surface area (Å²) in [4.78, 5) is 27.7. The fourth-order valence-corrected chi connectivity index (χ4v) is 4.68. The van der Waals surface area contributed by atoms with Gasteiger partial charge in [0, 0.05) is 29.8 Å². The summed E-state index contributed by atoms with van der Waals surface area (Å²) in [5.41, 5.74) is 5.50. The molecule has 4 heteroatoms. The van der Waals surface area contributed by atoms with Crippen molar-refractivity contribution < 1.29 is 9.59 Å². The molecule has 1 saturated carbocycles. The fraction of sp³-hybridized carbons (Fsp3) is 0.417. The molecule has 2 aromatic carbocycles. The Kier molecular flexibility index (Phi) is 5.21. The Morgan fingerprint density at radius 2 is 1.57 bits per heavy atom. The molecule has 2 amide bonds. The van der Waals surface area contributed by atoms with E-state index in [0.29, 0.717) is 0 Å². The summed E-state index contributed by atoms with van der Waals surface area (Å²) >= 11 is 0. The molecule has 0 bridgehead atoms. The van der Waals surface area contributed by atoms with Crippen LogP contribution in [0.25, 0.3) is 0 Å². The lowest BCUT2D eigenvalue weighted by molar-refractivity contribution is -0.126. The van der Waals surface area contributed by atoms with Crippen LogP contribution >= 0.6 is 0 Å². The third-order valence-corrected chi connectivity index (χ3v) is 6.09. The van der Waals surface area contributed by atoms with Gasteiger partial charge in [-0.15, -0.1) is 0 Å². The smallest absolute Gasteiger partial charge is 0.230 e. The number of nitrogens with zero attached hydrogens (tertiary/aromatic N) is 1. The number of anilines is 2. The molecule has 2 aliphatic rings. The van der Waals surface area contributed by atoms with E-state index in [9.17, 15) is 9.59 Å². The maximum absolute atomic E-state index is 13.0. The predicted octanol–water partition coefficient (Wildman–Crippen LogP) is 4.64. The molecule has 4 rings (SSSR count). The number of aryl methyl sites for hydroxylation is 2. The van der Waals surface area contributed by atoms with Crippen LogP contribution in [0.15, 0.2) is 42.5 Å². The third-order valence-electron chi connectivity index (χ3n) is 6.09. The Bertz CT molecular complexity index is 877. The maximum atomic E-state index is 13.0. The number of nitrogens with one attached hydrogen (secondary N) is 1. The van der Waals surface area contributed by atoms with Crippen LogP contribution in [0.5, 0.6) is 0 Å². The standard InChI is InChI=1S/C24H28N2O2/c1-16-13-17(2)15-21(14-16)25-23(27)19-7-9-20(10-8-19)24(28)26-12-11-18-5-3-4-6-22(18)26/h3-6,13-15,19-20H,7-12H2,1-2H3,(H,25,27). The highest BCUT2D eigenvalue weighted by molar-refractivity contribution is 5.97. The first kappa shape index (κ1) is 18.7. The average Bonchev–Trinajstić information content (AvgIpc) is 3.11. The van der Waals surface area contributed by atoms with Gasteiger partial charge in [0.25, 0.3) is 0 Å². The zero-order chi connectivity index (χ0) is 19.7. The molecule has 146 valence electrons. The minimum Gasteiger partial charge on any atom is -0.326 e. The van der Waals surface area contributed by atoms with Gasteiger partial charge in [0.15, 0.2) is 0 Å². The van der Waals surface area contributed by atoms with Gasteiger partial charge in [0.05, 0.1) is 0 Å². The first-order valence-corrected chi connectivity index (χ1v) is 10.3. The number of rotatable bonds is 3. The quantitative estimate of drug-likeness (QED) is 0.848. The number of carbonyl (C=O) groups is 2. The van der Waals surface area contributed by atoms with Crippen LogP contribution in [-0.2, 0) is 16.0 Å². The molecule has 0 spiro atoms. The van der Waals surface area contributed by atoms with Crippen molar-refractivity contribution in [1.82, 2.24) is 0 Å². The number of amides is 2. The molecule has 0 aromatic heterocycles. The van der Waals surface area contributed by atoms with Gasteiger partial charge in [-0.05, 0) is 80.8 Å². The molecular formula is C24H28N2O2. The number of para-hydroxylation sites is 1. The second-order valence-corrected chi connectivity index (χ2v) is 8.28. The largest absolute Gasteiger partial charge is 0.326 e. The molecule has 1 aliphatic heterocycles. The Morgan fingerprint density at radius 1 is 0.929 bits per heavy atom. The number of fused-ring (bicyclic) bond motifs is 1. The third kappa shape index (κ3) is 3.82. The average molecular weight is 377 g/mol. The van der Waals surface area contributed by atoms with E-state index < -0.39 is 0 Å². The van der Waals surface area contributed by atoms with Crippen molar-refractivity contribution >= 4 is 23.2 Å². The Morgan fingerprint density at radius 3 is 2.29 bits per heavy atom. The molecule has 1 heterocycles. The molecule has 0 saturated heterocycles. The zero-order valence-corrected chi connectivity index (χ0v) is 16.7. The first-order valence-electron chi connectivity index (χ1n) is 10.3. The lowest BCUT2D eigenvalue weighted by Gasteiger charge is -2.30. The highest BCUT2D eigenvalue weighted by Gasteiger charge is 2.34. The molecule has 1 N–H and O–H groups in total. The summed E-state index contributed by atoms with van der Waals surface area (Å²) in [6.07, 6.45) is 4.09. The van der Waals surface area contributed by atoms with Gasteiger partial charge in [-0.3, -0.25) is 9.59 Å². The Hall–Kier alpha value is -2.62. The van der Waals surface area contributed by atoms with Gasteiger partial charge in [-0.2, -0.15) is 0 Å². The number of carbonyl (C=O) groups excluding carboxylic acids is 2. The van der Waals surface area contributed by atoms with Crippen molar-refractivity contribution in [3.05, 3.63) is 59.2 Å². The van der Waals surface area contributed by atoms with Crippen molar-refractivity contribution in [3.63, 3.8) is 0 Å². The normalized spacial score (nSPS) is 21.3. The molecule has 28 heavy (non-hydrogen) atoms. The van der Waals surface area contributed by atoms with Gasteiger partial charge < -0.3 is 10.2 Å². The molecular weight excluding hydrogens is 348 g/mol. The lowest BCUT2D eigenvalue weighted by Crippen LogP contribution is -2.38. The highest BCUT2D eigenvalue weighted by Crippen LogP contribution is 2.35. The second-order valence-electron chi connectivity index (χ2n) is 8.28. The van der Waals surface area contributed by atoms with E-state index in [-0.39, 0.29) is 23.7 Å². The number of benzene rings is 2. The fourth-order valence-electron chi connectivity index (χ4n) is 4.68. The SMILES string of the molecule is Cc1cc(C)cc(NC(=O)C2CCC(C(=O)N3CCc4ccccc43)CC2)c1. The number of hydrogen-bond acceptors (Lipinski definition) is 2. The van der Waals surface area contributed by atoms with Crippen LogP contribution in [0.1, 0.15) is 42.4 Å². The summed E-state index contributed by atoms with van der Waals surface area (Å²) < 4.78 is 0. The minimum absolute atomic E-state index is 0.00395. The first-order chi connectivity index (χ1) is 13.5. The van der Waals surface area contributed by atoms with Crippen LogP contribution < -0.4 is 10.2 Å². The van der Waals surface area contributed by atoms with E-state index in [1.807, 2.05) is 49.1 Å². The van der Waals surface area contributed by atoms with E-state index in [1.54, 1.807) is 0 Å². The lowest BCUT2D eigenvalue weighted by atomic mass is 9.81. The van der Waals surface area contributed by atoms with E-state index in [1.165, 1.54) is 5.56 Å². The second kappa shape index (κ2) is 7.78. The molecule has 2 aromatic rings. The van der Waals surface area contributed by atoms with Crippen molar-refractivity contribution in [1.29, 1.82) is 0 Å². The van der Waals surface area contributed by atoms with Crippen LogP contribution in [-0.4, -0.2) is 18.4 Å². The number of hydrogen-bond donors (Lipinski definition) is 1. The molecule has 1 aliphatic carbocycles.